The van der Waals surface area contributed by atoms with Crippen LogP contribution in [0.15, 0.2) is 29.2 Å². The van der Waals surface area contributed by atoms with Gasteiger partial charge in [0.2, 0.25) is 5.75 Å². The molecule has 1 saturated heterocycles. The summed E-state index contributed by atoms with van der Waals surface area (Å²) in [4.78, 5) is 0.227. The van der Waals surface area contributed by atoms with Crippen LogP contribution in [-0.2, 0) is 9.84 Å². The maximum atomic E-state index is 13.0. The van der Waals surface area contributed by atoms with Crippen molar-refractivity contribution in [3.63, 3.8) is 0 Å². The normalized spacial score (nSPS) is 18.3. The van der Waals surface area contributed by atoms with Gasteiger partial charge >= 0.3 is 0 Å². The summed E-state index contributed by atoms with van der Waals surface area (Å²) < 4.78 is 53.3. The molecule has 9 heteroatoms. The Labute approximate surface area is 194 Å². The van der Waals surface area contributed by atoms with E-state index in [1.54, 1.807) is 46.1 Å². The number of benzene rings is 2. The van der Waals surface area contributed by atoms with Crippen molar-refractivity contribution in [3.05, 3.63) is 35.4 Å². The molecule has 1 aliphatic rings. The van der Waals surface area contributed by atoms with Crippen LogP contribution < -0.4 is 23.7 Å². The zero-order chi connectivity index (χ0) is 23.5. The Morgan fingerprint density at radius 2 is 1.38 bits per heavy atom. The number of sulfone groups is 1. The third kappa shape index (κ3) is 4.45. The van der Waals surface area contributed by atoms with E-state index in [0.29, 0.717) is 23.0 Å². The zero-order valence-electron chi connectivity index (χ0n) is 19.3. The van der Waals surface area contributed by atoms with Crippen molar-refractivity contribution < 1.29 is 32.1 Å². The number of methoxy groups -OCH3 is 5. The van der Waals surface area contributed by atoms with E-state index in [9.17, 15) is 8.42 Å². The van der Waals surface area contributed by atoms with Crippen molar-refractivity contribution in [2.24, 2.45) is 0 Å². The van der Waals surface area contributed by atoms with Crippen LogP contribution in [0.5, 0.6) is 28.7 Å². The van der Waals surface area contributed by atoms with Gasteiger partial charge in [0, 0.05) is 10.5 Å². The maximum Gasteiger partial charge on any atom is 0.203 e. The van der Waals surface area contributed by atoms with Crippen LogP contribution in [0.2, 0.25) is 0 Å². The lowest BCUT2D eigenvalue weighted by atomic mass is 10.0. The summed E-state index contributed by atoms with van der Waals surface area (Å²) in [6, 6.07) is 7.54. The summed E-state index contributed by atoms with van der Waals surface area (Å²) in [7, 11) is 4.21. The maximum absolute atomic E-state index is 13.0. The van der Waals surface area contributed by atoms with Gasteiger partial charge in [0.1, 0.15) is 4.90 Å². The van der Waals surface area contributed by atoms with E-state index in [4.69, 9.17) is 23.7 Å². The van der Waals surface area contributed by atoms with Crippen LogP contribution in [0, 0.1) is 0 Å². The molecular formula is C23H30O7S2. The van der Waals surface area contributed by atoms with Gasteiger partial charge in [-0.05, 0) is 42.2 Å². The SMILES string of the molecule is CCS(=O)(=O)c1c(C2CCC(c3cc(OC)c(OC)c(OC)c3)S2)ccc(OC)c1OC. The highest BCUT2D eigenvalue weighted by atomic mass is 32.2. The van der Waals surface area contributed by atoms with Crippen LogP contribution in [0.4, 0.5) is 0 Å². The van der Waals surface area contributed by atoms with Gasteiger partial charge in [0.15, 0.2) is 32.8 Å². The lowest BCUT2D eigenvalue weighted by molar-refractivity contribution is 0.323. The molecule has 2 unspecified atom stereocenters. The molecule has 7 nitrogen and oxygen atoms in total. The molecule has 0 spiro atoms. The highest BCUT2D eigenvalue weighted by Crippen LogP contribution is 2.56. The molecule has 3 rings (SSSR count). The third-order valence-electron chi connectivity index (χ3n) is 5.65. The fraction of sp³-hybridized carbons (Fsp3) is 0.478. The first-order valence-electron chi connectivity index (χ1n) is 10.3. The van der Waals surface area contributed by atoms with E-state index in [2.05, 4.69) is 0 Å². The van der Waals surface area contributed by atoms with E-state index in [1.165, 1.54) is 14.2 Å². The van der Waals surface area contributed by atoms with Gasteiger partial charge in [-0.3, -0.25) is 0 Å². The van der Waals surface area contributed by atoms with Crippen LogP contribution in [0.3, 0.4) is 0 Å². The summed E-state index contributed by atoms with van der Waals surface area (Å²) >= 11 is 1.73. The van der Waals surface area contributed by atoms with Gasteiger partial charge in [0.05, 0.1) is 41.3 Å². The summed E-state index contributed by atoms with van der Waals surface area (Å²) in [6.45, 7) is 1.64. The molecular weight excluding hydrogens is 452 g/mol. The molecule has 0 aliphatic carbocycles. The summed E-state index contributed by atoms with van der Waals surface area (Å²) in [5.74, 6) is 2.42. The molecule has 2 atom stereocenters. The predicted octanol–water partition coefficient (Wildman–Crippen LogP) is 4.83. The molecule has 1 aliphatic heterocycles. The average Bonchev–Trinajstić information content (AvgIpc) is 3.32. The fourth-order valence-electron chi connectivity index (χ4n) is 4.03. The fourth-order valence-corrected chi connectivity index (χ4v) is 7.01. The van der Waals surface area contributed by atoms with Crippen molar-refractivity contribution in [2.75, 3.05) is 41.3 Å². The van der Waals surface area contributed by atoms with Crippen molar-refractivity contribution >= 4 is 21.6 Å². The number of thioether (sulfide) groups is 1. The smallest absolute Gasteiger partial charge is 0.203 e. The summed E-state index contributed by atoms with van der Waals surface area (Å²) in [6.07, 6.45) is 1.71. The molecule has 1 fully saturated rings. The highest BCUT2D eigenvalue weighted by Gasteiger charge is 2.35. The minimum absolute atomic E-state index is 0.00442. The Morgan fingerprint density at radius 1 is 0.812 bits per heavy atom. The molecule has 176 valence electrons. The second kappa shape index (κ2) is 10.1. The molecule has 2 aromatic rings. The van der Waals surface area contributed by atoms with Crippen LogP contribution in [0.1, 0.15) is 41.4 Å². The lowest BCUT2D eigenvalue weighted by Gasteiger charge is -2.21. The highest BCUT2D eigenvalue weighted by molar-refractivity contribution is 8.00. The molecule has 1 heterocycles. The summed E-state index contributed by atoms with van der Waals surface area (Å²) in [5, 5.41) is 0.147. The third-order valence-corrected chi connectivity index (χ3v) is 9.10. The Bertz CT molecular complexity index is 1040. The number of ether oxygens (including phenoxy) is 5. The molecule has 0 radical (unpaired) electrons. The van der Waals surface area contributed by atoms with E-state index in [0.717, 1.165) is 24.0 Å². The molecule has 0 N–H and O–H groups in total. The summed E-state index contributed by atoms with van der Waals surface area (Å²) in [5.41, 5.74) is 1.80. The predicted molar refractivity (Wildman–Crippen MR) is 126 cm³/mol. The van der Waals surface area contributed by atoms with Crippen LogP contribution >= 0.6 is 11.8 Å². The first kappa shape index (κ1) is 24.4. The van der Waals surface area contributed by atoms with Crippen LogP contribution in [0.25, 0.3) is 0 Å². The Morgan fingerprint density at radius 3 is 1.88 bits per heavy atom. The van der Waals surface area contributed by atoms with Gasteiger partial charge in [-0.25, -0.2) is 8.42 Å². The first-order chi connectivity index (χ1) is 15.3. The number of hydrogen-bond donors (Lipinski definition) is 0. The van der Waals surface area contributed by atoms with Gasteiger partial charge in [-0.15, -0.1) is 11.8 Å². The zero-order valence-corrected chi connectivity index (χ0v) is 20.9. The number of rotatable bonds is 9. The van der Waals surface area contributed by atoms with Crippen molar-refractivity contribution in [2.45, 2.75) is 35.2 Å². The molecule has 0 bridgehead atoms. The lowest BCUT2D eigenvalue weighted by Crippen LogP contribution is -2.11. The molecule has 0 aromatic heterocycles. The van der Waals surface area contributed by atoms with Gasteiger partial charge in [0.25, 0.3) is 0 Å². The molecule has 32 heavy (non-hydrogen) atoms. The van der Waals surface area contributed by atoms with Gasteiger partial charge < -0.3 is 23.7 Å². The van der Waals surface area contributed by atoms with Crippen molar-refractivity contribution in [1.29, 1.82) is 0 Å². The number of hydrogen-bond acceptors (Lipinski definition) is 8. The Hall–Kier alpha value is -2.26. The second-order valence-electron chi connectivity index (χ2n) is 7.27. The minimum Gasteiger partial charge on any atom is -0.493 e. The average molecular weight is 483 g/mol. The molecule has 0 amide bonds. The van der Waals surface area contributed by atoms with Crippen LogP contribution in [-0.4, -0.2) is 49.7 Å². The Balaban J connectivity index is 2.02. The standard InChI is InChI=1S/C23H30O7S2/c1-7-32(24,25)23-15(8-9-16(26-2)22(23)30-6)20-11-10-19(31-20)14-12-17(27-3)21(29-5)18(13-14)28-4/h8-9,12-13,19-20H,7,10-11H2,1-6H3. The second-order valence-corrected chi connectivity index (χ2v) is 10.9. The van der Waals surface area contributed by atoms with E-state index in [-0.39, 0.29) is 26.9 Å². The monoisotopic (exact) mass is 482 g/mol. The Kier molecular flexibility index (Phi) is 7.71. The molecule has 0 saturated carbocycles. The largest absolute Gasteiger partial charge is 0.493 e. The van der Waals surface area contributed by atoms with E-state index >= 15 is 0 Å². The molecule has 2 aromatic carbocycles. The minimum atomic E-state index is -3.53. The quantitative estimate of drug-likeness (QED) is 0.503. The van der Waals surface area contributed by atoms with E-state index < -0.39 is 9.84 Å². The van der Waals surface area contributed by atoms with Gasteiger partial charge in [-0.1, -0.05) is 13.0 Å². The first-order valence-corrected chi connectivity index (χ1v) is 12.9. The van der Waals surface area contributed by atoms with Crippen molar-refractivity contribution in [3.8, 4) is 28.7 Å². The topological polar surface area (TPSA) is 80.3 Å². The van der Waals surface area contributed by atoms with Crippen molar-refractivity contribution in [1.82, 2.24) is 0 Å². The van der Waals surface area contributed by atoms with Gasteiger partial charge in [-0.2, -0.15) is 0 Å². The van der Waals surface area contributed by atoms with E-state index in [1.807, 2.05) is 18.2 Å².